The molecule has 2 heterocycles. The van der Waals surface area contributed by atoms with Gasteiger partial charge in [0.25, 0.3) is 0 Å². The van der Waals surface area contributed by atoms with Gasteiger partial charge in [-0.2, -0.15) is 0 Å². The molecule has 1 aromatic heterocycles. The molecule has 16 heavy (non-hydrogen) atoms. The Morgan fingerprint density at radius 3 is 3.00 bits per heavy atom. The third-order valence-corrected chi connectivity index (χ3v) is 3.10. The minimum Gasteiger partial charge on any atom is -0.309 e. The van der Waals surface area contributed by atoms with Crippen molar-refractivity contribution < 1.29 is 4.79 Å². The molecule has 2 N–H and O–H groups in total. The summed E-state index contributed by atoms with van der Waals surface area (Å²) in [5, 5.41) is 6.04. The maximum absolute atomic E-state index is 11.8. The molecule has 4 nitrogen and oxygen atoms in total. The zero-order valence-corrected chi connectivity index (χ0v) is 10.6. The van der Waals surface area contributed by atoms with Crippen LogP contribution in [-0.2, 0) is 4.79 Å². The monoisotopic (exact) mass is 283 g/mol. The summed E-state index contributed by atoms with van der Waals surface area (Å²) in [7, 11) is 0. The second kappa shape index (κ2) is 4.93. The van der Waals surface area contributed by atoms with Gasteiger partial charge in [-0.05, 0) is 47.8 Å². The van der Waals surface area contributed by atoms with Crippen LogP contribution >= 0.6 is 15.9 Å². The van der Waals surface area contributed by atoms with E-state index in [2.05, 4.69) is 38.5 Å². The fourth-order valence-corrected chi connectivity index (χ4v) is 2.17. The zero-order chi connectivity index (χ0) is 11.5. The van der Waals surface area contributed by atoms with Crippen LogP contribution in [-0.4, -0.2) is 23.0 Å². The highest BCUT2D eigenvalue weighted by molar-refractivity contribution is 9.10. The van der Waals surface area contributed by atoms with Crippen molar-refractivity contribution >= 4 is 27.7 Å². The summed E-state index contributed by atoms with van der Waals surface area (Å²) in [6.07, 6.45) is 1.94. The average molecular weight is 284 g/mol. The third kappa shape index (κ3) is 2.80. The van der Waals surface area contributed by atoms with Crippen LogP contribution in [0.4, 0.5) is 5.82 Å². The molecule has 0 radical (unpaired) electrons. The summed E-state index contributed by atoms with van der Waals surface area (Å²) >= 11 is 3.27. The molecule has 1 amide bonds. The van der Waals surface area contributed by atoms with E-state index in [0.29, 0.717) is 11.9 Å². The minimum absolute atomic E-state index is 0.00468. The lowest BCUT2D eigenvalue weighted by Crippen LogP contribution is -2.38. The summed E-state index contributed by atoms with van der Waals surface area (Å²) in [5.74, 6) is 0.579. The molecular weight excluding hydrogens is 270 g/mol. The molecule has 0 bridgehead atoms. The van der Waals surface area contributed by atoms with Gasteiger partial charge >= 0.3 is 0 Å². The molecule has 1 aliphatic heterocycles. The lowest BCUT2D eigenvalue weighted by Gasteiger charge is -2.11. The highest BCUT2D eigenvalue weighted by Gasteiger charge is 2.26. The van der Waals surface area contributed by atoms with Crippen molar-refractivity contribution in [2.75, 3.05) is 5.32 Å². The number of carbonyl (C=O) groups is 1. The van der Waals surface area contributed by atoms with Crippen LogP contribution in [0.2, 0.25) is 0 Å². The first-order valence-electron chi connectivity index (χ1n) is 5.34. The first-order chi connectivity index (χ1) is 7.65. The number of aromatic nitrogens is 1. The van der Waals surface area contributed by atoms with Gasteiger partial charge in [0.15, 0.2) is 0 Å². The fourth-order valence-electron chi connectivity index (χ4n) is 1.82. The second-order valence-corrected chi connectivity index (χ2v) is 4.84. The van der Waals surface area contributed by atoms with E-state index >= 15 is 0 Å². The molecule has 0 aromatic carbocycles. The Morgan fingerprint density at radius 1 is 1.56 bits per heavy atom. The Morgan fingerprint density at radius 2 is 2.38 bits per heavy atom. The number of hydrogen-bond donors (Lipinski definition) is 2. The Bertz CT molecular complexity index is 397. The molecule has 0 saturated carbocycles. The number of carbonyl (C=O) groups excluding carboxylic acids is 1. The molecule has 1 fully saturated rings. The maximum atomic E-state index is 11.8. The van der Waals surface area contributed by atoms with E-state index in [1.807, 2.05) is 12.1 Å². The third-order valence-electron chi connectivity index (χ3n) is 2.66. The SMILES string of the molecule is C[C@H]1CC[C@@H](C(=O)Nc2cccc(Br)n2)N1. The minimum atomic E-state index is -0.0872. The standard InChI is InChI=1S/C11H14BrN3O/c1-7-5-6-8(13-7)11(16)15-10-4-2-3-9(12)14-10/h2-4,7-8,13H,5-6H2,1H3,(H,14,15,16)/t7-,8-/m0/s1. The van der Waals surface area contributed by atoms with Crippen molar-refractivity contribution in [3.8, 4) is 0 Å². The molecule has 1 aliphatic rings. The number of halogens is 1. The van der Waals surface area contributed by atoms with Crippen LogP contribution in [0.1, 0.15) is 19.8 Å². The van der Waals surface area contributed by atoms with Crippen molar-refractivity contribution in [2.24, 2.45) is 0 Å². The van der Waals surface area contributed by atoms with E-state index in [4.69, 9.17) is 0 Å². The largest absolute Gasteiger partial charge is 0.309 e. The van der Waals surface area contributed by atoms with Crippen LogP contribution in [0.15, 0.2) is 22.8 Å². The molecule has 2 atom stereocenters. The quantitative estimate of drug-likeness (QED) is 0.816. The second-order valence-electron chi connectivity index (χ2n) is 4.03. The van der Waals surface area contributed by atoms with E-state index in [1.165, 1.54) is 0 Å². The molecule has 1 saturated heterocycles. The number of pyridine rings is 1. The van der Waals surface area contributed by atoms with Crippen LogP contribution < -0.4 is 10.6 Å². The fraction of sp³-hybridized carbons (Fsp3) is 0.455. The van der Waals surface area contributed by atoms with Crippen LogP contribution in [0.25, 0.3) is 0 Å². The Kier molecular flexibility index (Phi) is 3.56. The molecule has 1 aromatic rings. The molecule has 2 rings (SSSR count). The molecule has 0 aliphatic carbocycles. The Labute approximate surface area is 103 Å². The number of nitrogens with zero attached hydrogens (tertiary/aromatic N) is 1. The molecule has 86 valence electrons. The first-order valence-corrected chi connectivity index (χ1v) is 6.14. The van der Waals surface area contributed by atoms with Crippen molar-refractivity contribution in [2.45, 2.75) is 31.8 Å². The van der Waals surface area contributed by atoms with Gasteiger partial charge in [0.05, 0.1) is 6.04 Å². The highest BCUT2D eigenvalue weighted by atomic mass is 79.9. The van der Waals surface area contributed by atoms with E-state index < -0.39 is 0 Å². The lowest BCUT2D eigenvalue weighted by atomic mass is 10.2. The van der Waals surface area contributed by atoms with Gasteiger partial charge in [0.2, 0.25) is 5.91 Å². The molecule has 0 unspecified atom stereocenters. The van der Waals surface area contributed by atoms with Gasteiger partial charge in [-0.3, -0.25) is 4.79 Å². The van der Waals surface area contributed by atoms with Gasteiger partial charge in [-0.15, -0.1) is 0 Å². The number of amides is 1. The van der Waals surface area contributed by atoms with E-state index in [9.17, 15) is 4.79 Å². The molecule has 0 spiro atoms. The van der Waals surface area contributed by atoms with Gasteiger partial charge in [0.1, 0.15) is 10.4 Å². The number of hydrogen-bond acceptors (Lipinski definition) is 3. The molecule has 5 heteroatoms. The lowest BCUT2D eigenvalue weighted by molar-refractivity contribution is -0.117. The van der Waals surface area contributed by atoms with Crippen molar-refractivity contribution in [1.82, 2.24) is 10.3 Å². The average Bonchev–Trinajstić information content (AvgIpc) is 2.65. The topological polar surface area (TPSA) is 54.0 Å². The van der Waals surface area contributed by atoms with E-state index in [1.54, 1.807) is 6.07 Å². The summed E-state index contributed by atoms with van der Waals surface area (Å²) in [6.45, 7) is 2.09. The maximum Gasteiger partial charge on any atom is 0.242 e. The Balaban J connectivity index is 1.97. The van der Waals surface area contributed by atoms with Crippen LogP contribution in [0.3, 0.4) is 0 Å². The van der Waals surface area contributed by atoms with Crippen molar-refractivity contribution in [1.29, 1.82) is 0 Å². The summed E-state index contributed by atoms with van der Waals surface area (Å²) in [6, 6.07) is 5.78. The zero-order valence-electron chi connectivity index (χ0n) is 9.03. The van der Waals surface area contributed by atoms with Gasteiger partial charge < -0.3 is 10.6 Å². The van der Waals surface area contributed by atoms with Crippen molar-refractivity contribution in [3.05, 3.63) is 22.8 Å². The Hall–Kier alpha value is -0.940. The summed E-state index contributed by atoms with van der Waals surface area (Å²) < 4.78 is 0.720. The first kappa shape index (κ1) is 11.5. The van der Waals surface area contributed by atoms with E-state index in [0.717, 1.165) is 17.4 Å². The number of anilines is 1. The van der Waals surface area contributed by atoms with Gasteiger partial charge in [-0.25, -0.2) is 4.98 Å². The number of nitrogens with one attached hydrogen (secondary N) is 2. The normalized spacial score (nSPS) is 24.4. The summed E-state index contributed by atoms with van der Waals surface area (Å²) in [5.41, 5.74) is 0. The van der Waals surface area contributed by atoms with Gasteiger partial charge in [0, 0.05) is 6.04 Å². The van der Waals surface area contributed by atoms with Crippen LogP contribution in [0.5, 0.6) is 0 Å². The summed E-state index contributed by atoms with van der Waals surface area (Å²) in [4.78, 5) is 16.0. The predicted octanol–water partition coefficient (Wildman–Crippen LogP) is 1.92. The molecular formula is C11H14BrN3O. The smallest absolute Gasteiger partial charge is 0.242 e. The predicted molar refractivity (Wildman–Crippen MR) is 66.2 cm³/mol. The highest BCUT2D eigenvalue weighted by Crippen LogP contribution is 2.14. The van der Waals surface area contributed by atoms with Crippen LogP contribution in [0, 0.1) is 0 Å². The number of rotatable bonds is 2. The van der Waals surface area contributed by atoms with E-state index in [-0.39, 0.29) is 11.9 Å². The van der Waals surface area contributed by atoms with Crippen molar-refractivity contribution in [3.63, 3.8) is 0 Å². The van der Waals surface area contributed by atoms with Gasteiger partial charge in [-0.1, -0.05) is 6.07 Å².